The Morgan fingerprint density at radius 3 is 2.36 bits per heavy atom. The largest absolute Gasteiger partial charge is 0.416 e. The van der Waals surface area contributed by atoms with Crippen molar-refractivity contribution in [2.75, 3.05) is 5.32 Å². The molecule has 2 rings (SSSR count). The number of hydrogen-bond acceptors (Lipinski definition) is 2. The van der Waals surface area contributed by atoms with Crippen LogP contribution in [0.2, 0.25) is 0 Å². The van der Waals surface area contributed by atoms with Crippen molar-refractivity contribution in [3.63, 3.8) is 0 Å². The Morgan fingerprint density at radius 2 is 1.77 bits per heavy atom. The summed E-state index contributed by atoms with van der Waals surface area (Å²) in [6.45, 7) is 0. The number of thiol groups is 1. The second kappa shape index (κ2) is 6.75. The summed E-state index contributed by atoms with van der Waals surface area (Å²) in [6, 6.07) is 12.0. The van der Waals surface area contributed by atoms with Gasteiger partial charge in [0.1, 0.15) is 5.25 Å². The zero-order valence-corrected chi connectivity index (χ0v) is 13.5. The van der Waals surface area contributed by atoms with Crippen molar-refractivity contribution in [2.24, 2.45) is 0 Å². The highest BCUT2D eigenvalue weighted by Gasteiger charge is 2.31. The van der Waals surface area contributed by atoms with Gasteiger partial charge in [-0.3, -0.25) is 4.79 Å². The molecule has 0 fully saturated rings. The predicted molar refractivity (Wildman–Crippen MR) is 85.9 cm³/mol. The van der Waals surface area contributed by atoms with Crippen LogP contribution in [0.4, 0.5) is 18.9 Å². The van der Waals surface area contributed by atoms with Gasteiger partial charge in [0.15, 0.2) is 0 Å². The lowest BCUT2D eigenvalue weighted by atomic mass is 10.1. The van der Waals surface area contributed by atoms with Crippen molar-refractivity contribution < 1.29 is 18.0 Å². The number of nitrogens with one attached hydrogen (secondary N) is 1. The number of carbonyl (C=O) groups is 1. The number of amides is 1. The SMILES string of the molecule is O=C(Nc1cc(Br)cc(C(F)(F)F)c1)C(S)c1ccccc1. The van der Waals surface area contributed by atoms with Crippen LogP contribution in [0.3, 0.4) is 0 Å². The monoisotopic (exact) mass is 389 g/mol. The van der Waals surface area contributed by atoms with Crippen LogP contribution >= 0.6 is 28.6 Å². The Balaban J connectivity index is 2.20. The molecular formula is C15H11BrF3NOS. The van der Waals surface area contributed by atoms with E-state index in [2.05, 4.69) is 33.9 Å². The highest BCUT2D eigenvalue weighted by molar-refractivity contribution is 9.10. The van der Waals surface area contributed by atoms with Gasteiger partial charge in [-0.25, -0.2) is 0 Å². The molecule has 2 aromatic carbocycles. The molecule has 0 heterocycles. The van der Waals surface area contributed by atoms with Crippen LogP contribution in [0.15, 0.2) is 53.0 Å². The van der Waals surface area contributed by atoms with E-state index in [1.54, 1.807) is 30.3 Å². The Labute approximate surface area is 139 Å². The first-order valence-electron chi connectivity index (χ1n) is 6.19. The van der Waals surface area contributed by atoms with Crippen LogP contribution in [-0.2, 0) is 11.0 Å². The maximum Gasteiger partial charge on any atom is 0.416 e. The van der Waals surface area contributed by atoms with Crippen LogP contribution in [0.5, 0.6) is 0 Å². The van der Waals surface area contributed by atoms with Crippen molar-refractivity contribution in [3.05, 3.63) is 64.1 Å². The average Bonchev–Trinajstić information content (AvgIpc) is 2.45. The van der Waals surface area contributed by atoms with Gasteiger partial charge in [0.25, 0.3) is 0 Å². The summed E-state index contributed by atoms with van der Waals surface area (Å²) in [6.07, 6.45) is -4.48. The summed E-state index contributed by atoms with van der Waals surface area (Å²) in [5.74, 6) is -0.499. The summed E-state index contributed by atoms with van der Waals surface area (Å²) in [5.41, 5.74) is -0.122. The van der Waals surface area contributed by atoms with Gasteiger partial charge in [-0.2, -0.15) is 25.8 Å². The first-order valence-corrected chi connectivity index (χ1v) is 7.50. The topological polar surface area (TPSA) is 29.1 Å². The van der Waals surface area contributed by atoms with E-state index < -0.39 is 22.9 Å². The third kappa shape index (κ3) is 4.27. The molecule has 0 radical (unpaired) electrons. The zero-order valence-electron chi connectivity index (χ0n) is 11.1. The van der Waals surface area contributed by atoms with Gasteiger partial charge in [-0.1, -0.05) is 46.3 Å². The third-order valence-corrected chi connectivity index (χ3v) is 3.85. The maximum atomic E-state index is 12.8. The van der Waals surface area contributed by atoms with Gasteiger partial charge >= 0.3 is 6.18 Å². The minimum atomic E-state index is -4.48. The molecule has 0 spiro atoms. The maximum absolute atomic E-state index is 12.8. The van der Waals surface area contributed by atoms with E-state index in [0.29, 0.717) is 5.56 Å². The van der Waals surface area contributed by atoms with E-state index in [1.807, 2.05) is 0 Å². The fraction of sp³-hybridized carbons (Fsp3) is 0.133. The number of carbonyl (C=O) groups excluding carboxylic acids is 1. The number of anilines is 1. The van der Waals surface area contributed by atoms with Crippen molar-refractivity contribution in [1.82, 2.24) is 0 Å². The van der Waals surface area contributed by atoms with Crippen molar-refractivity contribution in [1.29, 1.82) is 0 Å². The molecule has 0 aliphatic rings. The van der Waals surface area contributed by atoms with Crippen LogP contribution < -0.4 is 5.32 Å². The molecule has 0 aliphatic heterocycles. The summed E-state index contributed by atoms with van der Waals surface area (Å²) < 4.78 is 38.5. The van der Waals surface area contributed by atoms with Crippen molar-refractivity contribution in [3.8, 4) is 0 Å². The number of alkyl halides is 3. The minimum absolute atomic E-state index is 0.0571. The van der Waals surface area contributed by atoms with Crippen molar-refractivity contribution >= 4 is 40.2 Å². The molecule has 1 amide bonds. The molecular weight excluding hydrogens is 379 g/mol. The summed E-state index contributed by atoms with van der Waals surface area (Å²) in [5, 5.41) is 1.68. The van der Waals surface area contributed by atoms with Gasteiger partial charge < -0.3 is 5.32 Å². The zero-order chi connectivity index (χ0) is 16.3. The summed E-state index contributed by atoms with van der Waals surface area (Å²) >= 11 is 7.21. The number of hydrogen-bond donors (Lipinski definition) is 2. The molecule has 1 unspecified atom stereocenters. The van der Waals surface area contributed by atoms with Crippen LogP contribution in [0.25, 0.3) is 0 Å². The third-order valence-electron chi connectivity index (χ3n) is 2.86. The summed E-state index contributed by atoms with van der Waals surface area (Å²) in [4.78, 5) is 12.1. The Hall–Kier alpha value is -1.47. The van der Waals surface area contributed by atoms with Gasteiger partial charge in [0, 0.05) is 10.2 Å². The molecule has 116 valence electrons. The van der Waals surface area contributed by atoms with E-state index >= 15 is 0 Å². The number of rotatable bonds is 3. The number of halogens is 4. The quantitative estimate of drug-likeness (QED) is 0.704. The van der Waals surface area contributed by atoms with Crippen molar-refractivity contribution in [2.45, 2.75) is 11.4 Å². The summed E-state index contributed by atoms with van der Waals surface area (Å²) in [7, 11) is 0. The molecule has 22 heavy (non-hydrogen) atoms. The predicted octanol–water partition coefficient (Wildman–Crippen LogP) is 5.08. The molecule has 0 bridgehead atoms. The highest BCUT2D eigenvalue weighted by atomic mass is 79.9. The molecule has 0 saturated heterocycles. The van der Waals surface area contributed by atoms with Crippen LogP contribution in [-0.4, -0.2) is 5.91 Å². The van der Waals surface area contributed by atoms with Gasteiger partial charge in [-0.15, -0.1) is 0 Å². The fourth-order valence-electron chi connectivity index (χ4n) is 1.82. The second-order valence-electron chi connectivity index (χ2n) is 4.53. The molecule has 7 heteroatoms. The van der Waals surface area contributed by atoms with Crippen LogP contribution in [0.1, 0.15) is 16.4 Å². The van der Waals surface area contributed by atoms with Crippen LogP contribution in [0, 0.1) is 0 Å². The number of benzene rings is 2. The second-order valence-corrected chi connectivity index (χ2v) is 5.96. The Kier molecular flexibility index (Phi) is 5.18. The Morgan fingerprint density at radius 1 is 1.14 bits per heavy atom. The smallest absolute Gasteiger partial charge is 0.325 e. The molecule has 2 nitrogen and oxygen atoms in total. The lowest BCUT2D eigenvalue weighted by molar-refractivity contribution is -0.137. The first-order chi connectivity index (χ1) is 10.3. The molecule has 0 aliphatic carbocycles. The Bertz CT molecular complexity index is 676. The lowest BCUT2D eigenvalue weighted by Crippen LogP contribution is -2.18. The van der Waals surface area contributed by atoms with Gasteiger partial charge in [0.05, 0.1) is 5.56 Å². The normalized spacial score (nSPS) is 12.8. The van der Waals surface area contributed by atoms with E-state index in [4.69, 9.17) is 0 Å². The minimum Gasteiger partial charge on any atom is -0.325 e. The molecule has 0 aromatic heterocycles. The molecule has 1 N–H and O–H groups in total. The molecule has 0 saturated carbocycles. The average molecular weight is 390 g/mol. The van der Waals surface area contributed by atoms with E-state index in [-0.39, 0.29) is 10.2 Å². The molecule has 1 atom stereocenters. The highest BCUT2D eigenvalue weighted by Crippen LogP contribution is 2.33. The standard InChI is InChI=1S/C15H11BrF3NOS/c16-11-6-10(15(17,18)19)7-12(8-11)20-14(21)13(22)9-4-2-1-3-5-9/h1-8,13,22H,(H,20,21). The fourth-order valence-corrected chi connectivity index (χ4v) is 2.55. The van der Waals surface area contributed by atoms with E-state index in [9.17, 15) is 18.0 Å². The molecule has 2 aromatic rings. The van der Waals surface area contributed by atoms with Gasteiger partial charge in [-0.05, 0) is 23.8 Å². The first kappa shape index (κ1) is 16.9. The van der Waals surface area contributed by atoms with Gasteiger partial charge in [0.2, 0.25) is 5.91 Å². The lowest BCUT2D eigenvalue weighted by Gasteiger charge is -2.14. The van der Waals surface area contributed by atoms with E-state index in [1.165, 1.54) is 6.07 Å². The van der Waals surface area contributed by atoms with E-state index in [0.717, 1.165) is 12.1 Å².